The van der Waals surface area contributed by atoms with Gasteiger partial charge in [0.25, 0.3) is 0 Å². The Morgan fingerprint density at radius 2 is 0.857 bits per heavy atom. The molecule has 0 fully saturated rings. The molecule has 49 heavy (non-hydrogen) atoms. The minimum absolute atomic E-state index is 0.827. The molecule has 0 radical (unpaired) electrons. The van der Waals surface area contributed by atoms with Gasteiger partial charge in [-0.3, -0.25) is 0 Å². The highest BCUT2D eigenvalue weighted by Crippen LogP contribution is 2.50. The van der Waals surface area contributed by atoms with Gasteiger partial charge in [0.05, 0.1) is 5.39 Å². The third-order valence-corrected chi connectivity index (χ3v) is 10.1. The zero-order valence-corrected chi connectivity index (χ0v) is 26.2. The van der Waals surface area contributed by atoms with Crippen molar-refractivity contribution in [1.82, 2.24) is 0 Å². The van der Waals surface area contributed by atoms with Gasteiger partial charge in [-0.25, -0.2) is 0 Å². The third-order valence-electron chi connectivity index (χ3n) is 10.1. The maximum absolute atomic E-state index is 6.80. The first-order chi connectivity index (χ1) is 24.3. The summed E-state index contributed by atoms with van der Waals surface area (Å²) in [7, 11) is 0. The van der Waals surface area contributed by atoms with Crippen molar-refractivity contribution < 1.29 is 13.3 Å². The van der Waals surface area contributed by atoms with E-state index in [1.807, 2.05) is 42.5 Å². The van der Waals surface area contributed by atoms with Gasteiger partial charge < -0.3 is 13.3 Å². The minimum Gasteiger partial charge on any atom is -0.456 e. The van der Waals surface area contributed by atoms with Crippen LogP contribution in [-0.2, 0) is 0 Å². The van der Waals surface area contributed by atoms with E-state index in [9.17, 15) is 0 Å². The van der Waals surface area contributed by atoms with E-state index < -0.39 is 0 Å². The first-order valence-electron chi connectivity index (χ1n) is 16.6. The van der Waals surface area contributed by atoms with Crippen LogP contribution in [-0.4, -0.2) is 0 Å². The third kappa shape index (κ3) is 3.73. The number of hydrogen-bond donors (Lipinski definition) is 0. The van der Waals surface area contributed by atoms with E-state index in [0.29, 0.717) is 0 Å². The number of fused-ring (bicyclic) bond motifs is 10. The molecule has 0 aliphatic heterocycles. The number of hydrogen-bond acceptors (Lipinski definition) is 3. The Kier molecular flexibility index (Phi) is 5.38. The first kappa shape index (κ1) is 26.5. The van der Waals surface area contributed by atoms with Gasteiger partial charge in [-0.15, -0.1) is 0 Å². The van der Waals surface area contributed by atoms with Crippen molar-refractivity contribution >= 4 is 76.4 Å². The second-order valence-electron chi connectivity index (χ2n) is 12.7. The second kappa shape index (κ2) is 9.96. The molecule has 3 aromatic heterocycles. The molecule has 0 spiro atoms. The van der Waals surface area contributed by atoms with Gasteiger partial charge in [-0.05, 0) is 63.0 Å². The molecule has 0 unspecified atom stereocenters. The van der Waals surface area contributed by atoms with Crippen molar-refractivity contribution in [2.45, 2.75) is 0 Å². The molecule has 3 nitrogen and oxygen atoms in total. The van der Waals surface area contributed by atoms with Crippen molar-refractivity contribution in [3.05, 3.63) is 158 Å². The van der Waals surface area contributed by atoms with Crippen LogP contribution in [0, 0.1) is 0 Å². The van der Waals surface area contributed by atoms with Gasteiger partial charge in [0.1, 0.15) is 33.7 Å². The van der Waals surface area contributed by atoms with Crippen molar-refractivity contribution in [3.63, 3.8) is 0 Å². The summed E-state index contributed by atoms with van der Waals surface area (Å²) >= 11 is 0. The molecule has 0 aliphatic carbocycles. The Morgan fingerprint density at radius 3 is 1.53 bits per heavy atom. The molecular weight excluding hydrogens is 601 g/mol. The van der Waals surface area contributed by atoms with E-state index in [4.69, 9.17) is 13.3 Å². The normalized spacial score (nSPS) is 12.1. The van der Waals surface area contributed by atoms with Gasteiger partial charge in [-0.1, -0.05) is 127 Å². The summed E-state index contributed by atoms with van der Waals surface area (Å²) < 4.78 is 19.8. The fourth-order valence-electron chi connectivity index (χ4n) is 8.01. The van der Waals surface area contributed by atoms with Crippen molar-refractivity contribution in [3.8, 4) is 33.6 Å². The molecule has 0 aliphatic rings. The summed E-state index contributed by atoms with van der Waals surface area (Å²) in [6, 6.07) is 55.3. The molecule has 228 valence electrons. The fourth-order valence-corrected chi connectivity index (χ4v) is 8.01. The highest BCUT2D eigenvalue weighted by atomic mass is 16.3. The zero-order valence-electron chi connectivity index (χ0n) is 26.2. The van der Waals surface area contributed by atoms with Crippen LogP contribution in [0.5, 0.6) is 0 Å². The summed E-state index contributed by atoms with van der Waals surface area (Å²) in [6.45, 7) is 0. The lowest BCUT2D eigenvalue weighted by Gasteiger charge is -2.18. The smallest absolute Gasteiger partial charge is 0.147 e. The second-order valence-corrected chi connectivity index (χ2v) is 12.7. The summed E-state index contributed by atoms with van der Waals surface area (Å²) in [5.41, 5.74) is 9.88. The Bertz CT molecular complexity index is 3040. The SMILES string of the molecule is c1ccc(-c2cc3cc(-c4c5ccccc5c(-c5cccc6oc7ccccc7c56)c5ccccc45)c4oc5ccccc5c4c3o2)cc1. The molecular formula is C46H26O3. The molecule has 3 heteroatoms. The van der Waals surface area contributed by atoms with E-state index in [1.54, 1.807) is 0 Å². The lowest BCUT2D eigenvalue weighted by atomic mass is 9.84. The van der Waals surface area contributed by atoms with Gasteiger partial charge in [0, 0.05) is 38.2 Å². The summed E-state index contributed by atoms with van der Waals surface area (Å²) in [5.74, 6) is 0.838. The quantitative estimate of drug-likeness (QED) is 0.183. The average Bonchev–Trinajstić information content (AvgIpc) is 3.87. The van der Waals surface area contributed by atoms with Gasteiger partial charge >= 0.3 is 0 Å². The molecule has 8 aromatic carbocycles. The highest BCUT2D eigenvalue weighted by molar-refractivity contribution is 6.29. The Morgan fingerprint density at radius 1 is 0.327 bits per heavy atom. The minimum atomic E-state index is 0.827. The van der Waals surface area contributed by atoms with Gasteiger partial charge in [0.2, 0.25) is 0 Å². The van der Waals surface area contributed by atoms with E-state index in [2.05, 4.69) is 115 Å². The van der Waals surface area contributed by atoms with Gasteiger partial charge in [0.15, 0.2) is 0 Å². The predicted octanol–water partition coefficient (Wildman–Crippen LogP) is 13.5. The number of furan rings is 3. The number of benzene rings is 8. The molecule has 0 saturated heterocycles. The van der Waals surface area contributed by atoms with Crippen LogP contribution >= 0.6 is 0 Å². The Hall–Kier alpha value is -6.58. The van der Waals surface area contributed by atoms with E-state index in [-0.39, 0.29) is 0 Å². The summed E-state index contributed by atoms with van der Waals surface area (Å²) in [6.07, 6.45) is 0. The van der Waals surface area contributed by atoms with Crippen LogP contribution in [0.4, 0.5) is 0 Å². The Balaban J connectivity index is 1.30. The molecule has 0 N–H and O–H groups in total. The largest absolute Gasteiger partial charge is 0.456 e. The van der Waals surface area contributed by atoms with Crippen molar-refractivity contribution in [2.75, 3.05) is 0 Å². The molecule has 0 bridgehead atoms. The highest BCUT2D eigenvalue weighted by Gasteiger charge is 2.25. The molecule has 0 amide bonds. The van der Waals surface area contributed by atoms with Crippen molar-refractivity contribution in [2.24, 2.45) is 0 Å². The van der Waals surface area contributed by atoms with Crippen LogP contribution in [0.15, 0.2) is 171 Å². The van der Waals surface area contributed by atoms with E-state index >= 15 is 0 Å². The molecule has 11 aromatic rings. The van der Waals surface area contributed by atoms with Crippen LogP contribution in [0.1, 0.15) is 0 Å². The molecule has 0 saturated carbocycles. The monoisotopic (exact) mass is 626 g/mol. The Labute approximate surface area is 280 Å². The predicted molar refractivity (Wildman–Crippen MR) is 202 cm³/mol. The lowest BCUT2D eigenvalue weighted by molar-refractivity contribution is 0.633. The summed E-state index contributed by atoms with van der Waals surface area (Å²) in [5, 5.41) is 10.0. The van der Waals surface area contributed by atoms with E-state index in [1.165, 1.54) is 16.3 Å². The standard InChI is InChI=1S/C46H26O3/c1-2-13-27(14-3-1)40-26-28-25-36(46-44(45(28)49-40)34-20-9-11-23-38(34)48-46)42-31-17-6-4-15-29(31)41(30-16-5-7-18-32(30)42)35-21-12-24-39-43(35)33-19-8-10-22-37(33)47-39/h1-26H. The lowest BCUT2D eigenvalue weighted by Crippen LogP contribution is -1.91. The van der Waals surface area contributed by atoms with Crippen LogP contribution < -0.4 is 0 Å². The number of para-hydroxylation sites is 2. The van der Waals surface area contributed by atoms with Gasteiger partial charge in [-0.2, -0.15) is 0 Å². The maximum atomic E-state index is 6.80. The zero-order chi connectivity index (χ0) is 32.1. The van der Waals surface area contributed by atoms with Crippen molar-refractivity contribution in [1.29, 1.82) is 0 Å². The fraction of sp³-hybridized carbons (Fsp3) is 0. The maximum Gasteiger partial charge on any atom is 0.147 e. The molecule has 11 rings (SSSR count). The summed E-state index contributed by atoms with van der Waals surface area (Å²) in [4.78, 5) is 0. The van der Waals surface area contributed by atoms with Crippen LogP contribution in [0.2, 0.25) is 0 Å². The molecule has 0 atom stereocenters. The first-order valence-corrected chi connectivity index (χ1v) is 16.6. The van der Waals surface area contributed by atoms with Crippen LogP contribution in [0.3, 0.4) is 0 Å². The topological polar surface area (TPSA) is 39.4 Å². The average molecular weight is 627 g/mol. The van der Waals surface area contributed by atoms with E-state index in [0.717, 1.165) is 93.6 Å². The molecule has 3 heterocycles. The number of rotatable bonds is 3. The van der Waals surface area contributed by atoms with Crippen LogP contribution in [0.25, 0.3) is 110 Å².